The Hall–Kier alpha value is -0.680. The van der Waals surface area contributed by atoms with Gasteiger partial charge in [0.1, 0.15) is 0 Å². The Bertz CT molecular complexity index is 323. The van der Waals surface area contributed by atoms with Crippen LogP contribution in [0.4, 0.5) is 0 Å². The second-order valence-corrected chi connectivity index (χ2v) is 3.35. The standard InChI is InChI=1S/C10H11BrN2O.BrH/c11-5-1-2-6-13-7-3-10(4-8-13)9-12-14;/h1-4,7-9H,5-6H2;1H/b2-1+;. The summed E-state index contributed by atoms with van der Waals surface area (Å²) in [6.45, 7) is 0.849. The van der Waals surface area contributed by atoms with Gasteiger partial charge < -0.3 is 22.2 Å². The molecule has 0 radical (unpaired) electrons. The van der Waals surface area contributed by atoms with Crippen molar-refractivity contribution in [2.45, 2.75) is 6.54 Å². The molecule has 5 heteroatoms. The summed E-state index contributed by atoms with van der Waals surface area (Å²) in [5.74, 6) is 0. The average molecular weight is 336 g/mol. The van der Waals surface area contributed by atoms with Crippen LogP contribution >= 0.6 is 15.9 Å². The van der Waals surface area contributed by atoms with E-state index >= 15 is 0 Å². The summed E-state index contributed by atoms with van der Waals surface area (Å²) >= 11 is 3.31. The van der Waals surface area contributed by atoms with Crippen LogP contribution in [0.3, 0.4) is 0 Å². The van der Waals surface area contributed by atoms with Gasteiger partial charge in [0.2, 0.25) is 0 Å². The topological polar surface area (TPSA) is 36.5 Å². The number of hydrogen-bond donors (Lipinski definition) is 1. The lowest BCUT2D eigenvalue weighted by Gasteiger charge is -1.92. The molecule has 0 aliphatic rings. The molecule has 0 aliphatic heterocycles. The smallest absolute Gasteiger partial charge is 0.169 e. The van der Waals surface area contributed by atoms with Crippen molar-refractivity contribution in [1.82, 2.24) is 0 Å². The zero-order valence-electron chi connectivity index (χ0n) is 8.05. The maximum absolute atomic E-state index is 8.31. The van der Waals surface area contributed by atoms with Crippen molar-refractivity contribution in [3.63, 3.8) is 0 Å². The van der Waals surface area contributed by atoms with Crippen molar-refractivity contribution in [3.8, 4) is 0 Å². The molecule has 1 heterocycles. The molecule has 0 bridgehead atoms. The third-order valence-corrected chi connectivity index (χ3v) is 2.07. The fourth-order valence-corrected chi connectivity index (χ4v) is 1.27. The lowest BCUT2D eigenvalue weighted by atomic mass is 10.3. The molecular weight excluding hydrogens is 324 g/mol. The SMILES string of the molecule is O/N=C/c1cc[n+](C/C=C/CBr)cc1.[Br-]. The van der Waals surface area contributed by atoms with Crippen LogP contribution in [0, 0.1) is 0 Å². The van der Waals surface area contributed by atoms with Crippen LogP contribution in [0.2, 0.25) is 0 Å². The van der Waals surface area contributed by atoms with Crippen LogP contribution in [0.1, 0.15) is 5.56 Å². The Morgan fingerprint density at radius 2 is 2.00 bits per heavy atom. The van der Waals surface area contributed by atoms with Gasteiger partial charge in [0.05, 0.1) is 6.21 Å². The van der Waals surface area contributed by atoms with E-state index in [9.17, 15) is 0 Å². The van der Waals surface area contributed by atoms with Crippen LogP contribution in [-0.4, -0.2) is 16.8 Å². The van der Waals surface area contributed by atoms with Crippen molar-refractivity contribution >= 4 is 22.1 Å². The molecule has 0 aliphatic carbocycles. The highest BCUT2D eigenvalue weighted by atomic mass is 79.9. The van der Waals surface area contributed by atoms with Crippen molar-refractivity contribution in [2.75, 3.05) is 5.33 Å². The molecule has 1 aromatic heterocycles. The second-order valence-electron chi connectivity index (χ2n) is 2.70. The monoisotopic (exact) mass is 334 g/mol. The molecule has 0 unspecified atom stereocenters. The molecule has 0 fully saturated rings. The van der Waals surface area contributed by atoms with Gasteiger partial charge >= 0.3 is 0 Å². The van der Waals surface area contributed by atoms with Gasteiger partial charge in [-0.1, -0.05) is 27.2 Å². The van der Waals surface area contributed by atoms with Gasteiger partial charge in [-0.25, -0.2) is 4.57 Å². The summed E-state index contributed by atoms with van der Waals surface area (Å²) < 4.78 is 2.04. The zero-order valence-corrected chi connectivity index (χ0v) is 11.2. The number of halogens is 2. The first-order valence-electron chi connectivity index (χ1n) is 4.24. The molecule has 0 amide bonds. The number of hydrogen-bond acceptors (Lipinski definition) is 2. The molecule has 0 atom stereocenters. The lowest BCUT2D eigenvalue weighted by Crippen LogP contribution is -3.00. The van der Waals surface area contributed by atoms with Gasteiger partial charge in [0.15, 0.2) is 18.9 Å². The highest BCUT2D eigenvalue weighted by Crippen LogP contribution is 1.90. The number of alkyl halides is 1. The fraction of sp³-hybridized carbons (Fsp3) is 0.200. The van der Waals surface area contributed by atoms with Crippen molar-refractivity contribution in [1.29, 1.82) is 0 Å². The van der Waals surface area contributed by atoms with Gasteiger partial charge in [0, 0.05) is 23.0 Å². The summed E-state index contributed by atoms with van der Waals surface area (Å²) in [6.07, 6.45) is 9.41. The van der Waals surface area contributed by atoms with Crippen LogP contribution < -0.4 is 21.5 Å². The Morgan fingerprint density at radius 3 is 2.53 bits per heavy atom. The maximum atomic E-state index is 8.31. The van der Waals surface area contributed by atoms with Gasteiger partial charge in [-0.2, -0.15) is 0 Å². The summed E-state index contributed by atoms with van der Waals surface area (Å²) in [5.41, 5.74) is 0.883. The maximum Gasteiger partial charge on any atom is 0.169 e. The van der Waals surface area contributed by atoms with E-state index in [2.05, 4.69) is 33.2 Å². The summed E-state index contributed by atoms with van der Waals surface area (Å²) in [6, 6.07) is 3.78. The molecule has 0 saturated carbocycles. The van der Waals surface area contributed by atoms with Crippen LogP contribution in [0.25, 0.3) is 0 Å². The molecule has 0 spiro atoms. The average Bonchev–Trinajstić information content (AvgIpc) is 2.21. The van der Waals surface area contributed by atoms with Crippen molar-refractivity contribution in [2.24, 2.45) is 5.16 Å². The van der Waals surface area contributed by atoms with E-state index in [1.807, 2.05) is 29.1 Å². The van der Waals surface area contributed by atoms with E-state index in [4.69, 9.17) is 5.21 Å². The molecule has 15 heavy (non-hydrogen) atoms. The Morgan fingerprint density at radius 1 is 1.33 bits per heavy atom. The van der Waals surface area contributed by atoms with E-state index < -0.39 is 0 Å². The first kappa shape index (κ1) is 14.3. The van der Waals surface area contributed by atoms with Gasteiger partial charge in [-0.15, -0.1) is 0 Å². The Labute approximate surface area is 108 Å². The van der Waals surface area contributed by atoms with Gasteiger partial charge in [-0.3, -0.25) is 0 Å². The van der Waals surface area contributed by atoms with E-state index in [-0.39, 0.29) is 17.0 Å². The van der Waals surface area contributed by atoms with Crippen LogP contribution in [0.5, 0.6) is 0 Å². The molecule has 0 aromatic carbocycles. The van der Waals surface area contributed by atoms with E-state index in [0.717, 1.165) is 17.4 Å². The van der Waals surface area contributed by atoms with Crippen LogP contribution in [-0.2, 0) is 6.54 Å². The molecular formula is C10H12Br2N2O. The number of pyridine rings is 1. The van der Waals surface area contributed by atoms with E-state index in [1.54, 1.807) is 0 Å². The van der Waals surface area contributed by atoms with E-state index in [1.165, 1.54) is 6.21 Å². The molecule has 0 saturated heterocycles. The van der Waals surface area contributed by atoms with Crippen LogP contribution in [0.15, 0.2) is 41.8 Å². The second kappa shape index (κ2) is 8.61. The molecule has 1 aromatic rings. The molecule has 1 rings (SSSR count). The first-order chi connectivity index (χ1) is 6.86. The van der Waals surface area contributed by atoms with Crippen molar-refractivity contribution < 1.29 is 26.8 Å². The minimum Gasteiger partial charge on any atom is -1.00 e. The summed E-state index contributed by atoms with van der Waals surface area (Å²) in [4.78, 5) is 0. The molecule has 82 valence electrons. The predicted octanol–water partition coefficient (Wildman–Crippen LogP) is -1.26. The highest BCUT2D eigenvalue weighted by molar-refractivity contribution is 9.09. The Kier molecular flexibility index (Phi) is 8.22. The quantitative estimate of drug-likeness (QED) is 0.183. The minimum absolute atomic E-state index is 0. The molecule has 3 nitrogen and oxygen atoms in total. The first-order valence-corrected chi connectivity index (χ1v) is 5.36. The molecule has 1 N–H and O–H groups in total. The Balaban J connectivity index is 0.00000196. The number of nitrogens with zero attached hydrogens (tertiary/aromatic N) is 2. The number of aromatic nitrogens is 1. The summed E-state index contributed by atoms with van der Waals surface area (Å²) in [5, 5.41) is 12.1. The fourth-order valence-electron chi connectivity index (χ4n) is 1.00. The third kappa shape index (κ3) is 5.69. The van der Waals surface area contributed by atoms with E-state index in [0.29, 0.717) is 0 Å². The zero-order chi connectivity index (χ0) is 10.2. The normalized spacial score (nSPS) is 10.7. The van der Waals surface area contributed by atoms with Crippen molar-refractivity contribution in [3.05, 3.63) is 42.2 Å². The third-order valence-electron chi connectivity index (χ3n) is 1.70. The predicted molar refractivity (Wildman–Crippen MR) is 59.0 cm³/mol. The van der Waals surface area contributed by atoms with Gasteiger partial charge in [0.25, 0.3) is 0 Å². The number of allylic oxidation sites excluding steroid dienone is 2. The van der Waals surface area contributed by atoms with Gasteiger partial charge in [-0.05, 0) is 6.08 Å². The lowest BCUT2D eigenvalue weighted by molar-refractivity contribution is -0.687. The number of rotatable bonds is 4. The minimum atomic E-state index is 0. The largest absolute Gasteiger partial charge is 1.00 e. The number of oxime groups is 1. The summed E-state index contributed by atoms with van der Waals surface area (Å²) in [7, 11) is 0. The highest BCUT2D eigenvalue weighted by Gasteiger charge is 1.95.